The molecule has 4 aromatic rings. The lowest BCUT2D eigenvalue weighted by Crippen LogP contribution is -2.52. The number of likely N-dealkylation sites (tertiary alicyclic amines) is 2. The number of amides is 1. The van der Waals surface area contributed by atoms with E-state index in [9.17, 15) is 47.4 Å². The summed E-state index contributed by atoms with van der Waals surface area (Å²) in [6.07, 6.45) is 18.7. The fourth-order valence-corrected chi connectivity index (χ4v) is 24.9. The number of Topliss-reactive ketones (excluding diaryl/α,β-unsaturated/α-hetero) is 2. The number of halogens is 3. The first-order chi connectivity index (χ1) is 52.6. The second kappa shape index (κ2) is 31.4. The number of hydrogen-bond acceptors (Lipinski definition) is 12. The second-order valence-electron chi connectivity index (χ2n) is 36.9. The number of carbonyl (C=O) groups is 5. The van der Waals surface area contributed by atoms with Gasteiger partial charge in [0.1, 0.15) is 5.78 Å². The highest BCUT2D eigenvalue weighted by atomic mass is 19.4. The highest BCUT2D eigenvalue weighted by Crippen LogP contribution is 2.68. The van der Waals surface area contributed by atoms with Gasteiger partial charge >= 0.3 is 12.1 Å². The van der Waals surface area contributed by atoms with E-state index in [0.717, 1.165) is 121 Å². The van der Waals surface area contributed by atoms with Gasteiger partial charge in [0.25, 0.3) is 0 Å². The molecular formula is C94H119F3N4O9. The molecule has 110 heavy (non-hydrogen) atoms. The molecule has 2 spiro atoms. The zero-order valence-electron chi connectivity index (χ0n) is 66.2. The van der Waals surface area contributed by atoms with Gasteiger partial charge < -0.3 is 30.7 Å². The minimum absolute atomic E-state index is 0.00244. The summed E-state index contributed by atoms with van der Waals surface area (Å²) >= 11 is 0. The Kier molecular flexibility index (Phi) is 22.5. The number of alkyl halides is 3. The maximum absolute atomic E-state index is 13.7. The van der Waals surface area contributed by atoms with Gasteiger partial charge in [-0.25, -0.2) is 0 Å². The predicted molar refractivity (Wildman–Crippen MR) is 422 cm³/mol. The van der Waals surface area contributed by atoms with Crippen LogP contribution in [0, 0.1) is 70.0 Å². The van der Waals surface area contributed by atoms with Gasteiger partial charge in [0.2, 0.25) is 0 Å². The van der Waals surface area contributed by atoms with Crippen LogP contribution < -0.4 is 11.1 Å². The summed E-state index contributed by atoms with van der Waals surface area (Å²) in [5.41, 5.74) is 19.4. The number of ether oxygens (including phenoxy) is 2. The molecule has 8 aliphatic carbocycles. The first kappa shape index (κ1) is 78.8. The zero-order valence-corrected chi connectivity index (χ0v) is 66.2. The highest BCUT2D eigenvalue weighted by Gasteiger charge is 2.64. The Balaban J connectivity index is 0.000000176. The van der Waals surface area contributed by atoms with E-state index in [-0.39, 0.29) is 88.6 Å². The first-order valence-corrected chi connectivity index (χ1v) is 42.1. The Bertz CT molecular complexity index is 4230. The number of nitrogens with two attached hydrogens (primary N) is 1. The number of ketones is 4. The number of hydrogen-bond donors (Lipinski definition) is 4. The lowest BCUT2D eigenvalue weighted by atomic mass is 9.56. The van der Waals surface area contributed by atoms with Crippen molar-refractivity contribution in [3.05, 3.63) is 188 Å². The molecule has 12 aliphatic rings. The summed E-state index contributed by atoms with van der Waals surface area (Å²) in [6.45, 7) is 22.6. The van der Waals surface area contributed by atoms with Crippen LogP contribution in [0.5, 0.6) is 0 Å². The summed E-state index contributed by atoms with van der Waals surface area (Å²) in [5, 5.41) is 22.9. The molecule has 22 atom stereocenters. The van der Waals surface area contributed by atoms with Crippen molar-refractivity contribution in [3.63, 3.8) is 0 Å². The third-order valence-corrected chi connectivity index (χ3v) is 30.7. The highest BCUT2D eigenvalue weighted by molar-refractivity contribution is 6.09. The molecule has 4 saturated heterocycles. The van der Waals surface area contributed by atoms with Gasteiger partial charge in [0.15, 0.2) is 17.3 Å². The standard InChI is InChI=1S/C48H59F3N2O5.C46H60N2O4/c1-28-23-42-43(30(3)47(58-42)21-19-36-37-17-16-34-25-35(54)18-20-46(34,4)39(37)26-38(36)29(47)2)53(27-28)22-8-11-41(55)40(52-45(57)48(49,50)51)24-31-12-14-33(15-13-31)44(56)32-9-6-5-7-10-32;1-28-23-42-43(48(27-28)22-8-11-41(50)40(47)24-31-12-14-33(15-13-31)44(51)32-9-6-5-7-10-32)30(3)46(52-42)21-19-36-37-17-16-34-25-35(49)18-20-45(34,4)39(37)26-38(36)29(46)2/h5-7,9-10,12-16,28,30,35-37,39-40,42-43,54H,8,11,17-27H2,1-4H3,(H,52,57);5-7,9-10,12-16,28,30,35-37,39-40,42-43,49H,8,11,17-27,47H2,1-4H3/t28-,30+,35-,36-,37-,39-,40-,42+,43-,46-,47-;28-,30+,35-,36-,37-,39-,40-,42+,43-,45-,46-/m00/s1. The maximum atomic E-state index is 13.7. The van der Waals surface area contributed by atoms with Crippen molar-refractivity contribution < 1.29 is 56.8 Å². The molecule has 16 rings (SSSR count). The van der Waals surface area contributed by atoms with Crippen LogP contribution in [0.4, 0.5) is 13.2 Å². The number of fused-ring (bicyclic) bond motifs is 12. The number of benzene rings is 4. The summed E-state index contributed by atoms with van der Waals surface area (Å²) in [5.74, 6) is 2.85. The quantitative estimate of drug-likeness (QED) is 0.0514. The van der Waals surface area contributed by atoms with E-state index in [1.807, 2.05) is 66.0 Å². The molecule has 4 aliphatic heterocycles. The van der Waals surface area contributed by atoms with Crippen LogP contribution in [0.25, 0.3) is 0 Å². The molecule has 4 saturated carbocycles. The third-order valence-electron chi connectivity index (χ3n) is 30.7. The van der Waals surface area contributed by atoms with Gasteiger partial charge in [0, 0.05) is 72.1 Å². The van der Waals surface area contributed by atoms with Crippen LogP contribution in [0.2, 0.25) is 0 Å². The number of aliphatic hydroxyl groups is 2. The lowest BCUT2D eigenvalue weighted by Gasteiger charge is -2.49. The number of nitrogens with one attached hydrogen (secondary N) is 1. The number of nitrogens with zero attached hydrogens (tertiary/aromatic N) is 2. The van der Waals surface area contributed by atoms with Gasteiger partial charge in [-0.15, -0.1) is 0 Å². The van der Waals surface area contributed by atoms with E-state index in [4.69, 9.17) is 15.2 Å². The molecule has 1 amide bonds. The molecule has 0 aromatic heterocycles. The van der Waals surface area contributed by atoms with E-state index >= 15 is 0 Å². The molecular weight excluding hydrogens is 1390 g/mol. The Labute approximate surface area is 650 Å². The smallest absolute Gasteiger partial charge is 0.393 e. The van der Waals surface area contributed by atoms with Crippen LogP contribution in [-0.4, -0.2) is 141 Å². The van der Waals surface area contributed by atoms with Crippen LogP contribution in [0.1, 0.15) is 227 Å². The zero-order chi connectivity index (χ0) is 77.5. The second-order valence-corrected chi connectivity index (χ2v) is 36.9. The normalized spacial score (nSPS) is 36.2. The number of piperidine rings is 2. The van der Waals surface area contributed by atoms with Crippen molar-refractivity contribution in [2.75, 3.05) is 26.2 Å². The minimum Gasteiger partial charge on any atom is -0.393 e. The van der Waals surface area contributed by atoms with Gasteiger partial charge in [0.05, 0.1) is 47.7 Å². The molecule has 4 aromatic carbocycles. The molecule has 4 heterocycles. The van der Waals surface area contributed by atoms with E-state index in [0.29, 0.717) is 107 Å². The van der Waals surface area contributed by atoms with Crippen molar-refractivity contribution >= 4 is 29.0 Å². The summed E-state index contributed by atoms with van der Waals surface area (Å²) in [7, 11) is 0. The van der Waals surface area contributed by atoms with Crippen LogP contribution in [0.15, 0.2) is 155 Å². The molecule has 16 heteroatoms. The fraction of sp³-hybridized carbons (Fsp3) is 0.606. The van der Waals surface area contributed by atoms with Crippen molar-refractivity contribution in [2.45, 2.75) is 263 Å². The molecule has 13 nitrogen and oxygen atoms in total. The molecule has 5 N–H and O–H groups in total. The fourth-order valence-electron chi connectivity index (χ4n) is 24.9. The van der Waals surface area contributed by atoms with Crippen molar-refractivity contribution in [1.29, 1.82) is 0 Å². The Morgan fingerprint density at radius 1 is 0.555 bits per heavy atom. The van der Waals surface area contributed by atoms with Crippen molar-refractivity contribution in [2.24, 2.45) is 75.7 Å². The maximum Gasteiger partial charge on any atom is 0.471 e. The first-order valence-electron chi connectivity index (χ1n) is 42.1. The molecule has 0 bridgehead atoms. The number of carbonyl (C=O) groups excluding carboxylic acids is 5. The van der Waals surface area contributed by atoms with Crippen LogP contribution >= 0.6 is 0 Å². The topological polar surface area (TPSA) is 189 Å². The third kappa shape index (κ3) is 14.8. The number of allylic oxidation sites excluding steroid dienone is 4. The largest absolute Gasteiger partial charge is 0.471 e. The van der Waals surface area contributed by atoms with Gasteiger partial charge in [-0.1, -0.05) is 185 Å². The van der Waals surface area contributed by atoms with E-state index in [1.165, 1.54) is 36.0 Å². The van der Waals surface area contributed by atoms with E-state index in [1.54, 1.807) is 65.3 Å². The molecule has 8 fully saturated rings. The van der Waals surface area contributed by atoms with E-state index < -0.39 is 30.0 Å². The van der Waals surface area contributed by atoms with Crippen molar-refractivity contribution in [3.8, 4) is 0 Å². The van der Waals surface area contributed by atoms with Gasteiger partial charge in [-0.05, 0) is 236 Å². The Hall–Kier alpha value is -6.50. The molecule has 590 valence electrons. The van der Waals surface area contributed by atoms with Gasteiger partial charge in [-0.3, -0.25) is 33.8 Å². The van der Waals surface area contributed by atoms with Crippen LogP contribution in [-0.2, 0) is 36.7 Å². The van der Waals surface area contributed by atoms with E-state index in [2.05, 4.69) is 77.3 Å². The number of aliphatic hydroxyl groups excluding tert-OH is 2. The Morgan fingerprint density at radius 3 is 1.39 bits per heavy atom. The molecule has 0 unspecified atom stereocenters. The number of rotatable bonds is 19. The van der Waals surface area contributed by atoms with Crippen molar-refractivity contribution in [1.82, 2.24) is 15.1 Å². The SMILES string of the molecule is CC1=C2C[C@H]3[C@@H](CC=C4C[C@@H](O)CC[C@@]43C)[C@@H]2CC[C@]12O[C@@H]1C[C@H](C)CN(CCCC(=O)[C@@H](N)Cc3ccc(C(=O)c4ccccc4)cc3)[C@H]1[C@H]2C.CC1=C2C[C@H]3[C@@H](CC=C4C[C@@H](O)CC[C@@]43C)[C@@H]2CC[C@]12O[C@@H]1C[C@H](C)CN(CCCC(=O)[C@H](Cc3ccc(C(=O)c4ccccc4)cc3)NC(=O)C(F)(F)F)[C@H]1[C@H]2C. The minimum atomic E-state index is -5.13. The predicted octanol–water partition coefficient (Wildman–Crippen LogP) is 16.4. The Morgan fingerprint density at radius 2 is 0.964 bits per heavy atom. The van der Waals surface area contributed by atoms with Crippen LogP contribution in [0.3, 0.4) is 0 Å². The summed E-state index contributed by atoms with van der Waals surface area (Å²) in [6, 6.07) is 30.7. The average molecular weight is 1510 g/mol. The van der Waals surface area contributed by atoms with Gasteiger partial charge in [-0.2, -0.15) is 13.2 Å². The lowest BCUT2D eigenvalue weighted by molar-refractivity contribution is -0.174. The average Bonchev–Trinajstić information content (AvgIpc) is 1.55. The monoisotopic (exact) mass is 1500 g/mol. The molecule has 0 radical (unpaired) electrons. The summed E-state index contributed by atoms with van der Waals surface area (Å²) < 4.78 is 55.0. The summed E-state index contributed by atoms with van der Waals surface area (Å²) in [4.78, 5) is 69.9.